The van der Waals surface area contributed by atoms with Crippen LogP contribution < -0.4 is 14.8 Å². The van der Waals surface area contributed by atoms with Crippen molar-refractivity contribution in [2.75, 3.05) is 20.8 Å². The van der Waals surface area contributed by atoms with E-state index in [4.69, 9.17) is 9.47 Å². The van der Waals surface area contributed by atoms with Crippen molar-refractivity contribution >= 4 is 21.8 Å². The van der Waals surface area contributed by atoms with Crippen molar-refractivity contribution in [3.8, 4) is 11.5 Å². The molecule has 5 heteroatoms. The smallest absolute Gasteiger partial charge is 0.225 e. The van der Waals surface area contributed by atoms with E-state index in [2.05, 4.69) is 21.2 Å². The van der Waals surface area contributed by atoms with Crippen molar-refractivity contribution in [2.24, 2.45) is 5.41 Å². The van der Waals surface area contributed by atoms with Gasteiger partial charge < -0.3 is 14.8 Å². The van der Waals surface area contributed by atoms with Crippen LogP contribution in [0.15, 0.2) is 16.6 Å². The number of benzene rings is 1. The Hall–Kier alpha value is -1.23. The second kappa shape index (κ2) is 6.97. The molecule has 4 nitrogen and oxygen atoms in total. The van der Waals surface area contributed by atoms with E-state index in [1.54, 1.807) is 14.2 Å². The first-order valence-electron chi connectivity index (χ1n) is 6.48. The molecule has 0 saturated carbocycles. The van der Waals surface area contributed by atoms with Gasteiger partial charge in [-0.1, -0.05) is 36.7 Å². The van der Waals surface area contributed by atoms with Gasteiger partial charge in [0, 0.05) is 16.4 Å². The molecule has 0 aliphatic rings. The van der Waals surface area contributed by atoms with E-state index >= 15 is 0 Å². The van der Waals surface area contributed by atoms with Crippen LogP contribution >= 0.6 is 15.9 Å². The van der Waals surface area contributed by atoms with Crippen molar-refractivity contribution in [2.45, 2.75) is 27.2 Å². The zero-order valence-electron chi connectivity index (χ0n) is 12.7. The lowest BCUT2D eigenvalue weighted by atomic mass is 9.95. The first-order chi connectivity index (χ1) is 9.29. The molecule has 1 aromatic rings. The summed E-state index contributed by atoms with van der Waals surface area (Å²) in [6, 6.07) is 3.80. The van der Waals surface area contributed by atoms with Gasteiger partial charge in [-0.25, -0.2) is 0 Å². The van der Waals surface area contributed by atoms with Crippen LogP contribution in [0, 0.1) is 5.41 Å². The largest absolute Gasteiger partial charge is 0.493 e. The van der Waals surface area contributed by atoms with Crippen molar-refractivity contribution < 1.29 is 14.3 Å². The Morgan fingerprint density at radius 2 is 1.75 bits per heavy atom. The third kappa shape index (κ3) is 4.40. The Balaban J connectivity index is 2.71. The van der Waals surface area contributed by atoms with Crippen LogP contribution in [0.3, 0.4) is 0 Å². The Labute approximate surface area is 129 Å². The van der Waals surface area contributed by atoms with Crippen molar-refractivity contribution in [3.63, 3.8) is 0 Å². The Bertz CT molecular complexity index is 481. The number of hydrogen-bond donors (Lipinski definition) is 1. The highest BCUT2D eigenvalue weighted by atomic mass is 79.9. The highest BCUT2D eigenvalue weighted by Crippen LogP contribution is 2.33. The molecule has 0 aliphatic heterocycles. The molecule has 1 amide bonds. The zero-order valence-corrected chi connectivity index (χ0v) is 14.3. The molecular weight excluding hydrogens is 322 g/mol. The first kappa shape index (κ1) is 16.8. The predicted octanol–water partition coefficient (Wildman–Crippen LogP) is 3.17. The van der Waals surface area contributed by atoms with Crippen LogP contribution in [0.25, 0.3) is 0 Å². The van der Waals surface area contributed by atoms with E-state index in [1.807, 2.05) is 32.9 Å². The van der Waals surface area contributed by atoms with E-state index in [0.29, 0.717) is 18.0 Å². The van der Waals surface area contributed by atoms with Gasteiger partial charge in [-0.3, -0.25) is 4.79 Å². The Morgan fingerprint density at radius 1 is 1.20 bits per heavy atom. The lowest BCUT2D eigenvalue weighted by Gasteiger charge is -2.18. The van der Waals surface area contributed by atoms with Gasteiger partial charge in [0.05, 0.1) is 14.2 Å². The van der Waals surface area contributed by atoms with E-state index in [0.717, 1.165) is 16.5 Å². The van der Waals surface area contributed by atoms with Crippen LogP contribution in [-0.2, 0) is 11.2 Å². The molecule has 0 bridgehead atoms. The monoisotopic (exact) mass is 343 g/mol. The number of nitrogens with one attached hydrogen (secondary N) is 1. The van der Waals surface area contributed by atoms with Crippen molar-refractivity contribution in [3.05, 3.63) is 22.2 Å². The van der Waals surface area contributed by atoms with E-state index in [-0.39, 0.29) is 11.3 Å². The standard InChI is InChI=1S/C15H22BrNO3/c1-15(2,3)14(18)17-7-6-10-8-12(19-4)13(20-5)9-11(10)16/h8-9H,6-7H2,1-5H3,(H,17,18). The van der Waals surface area contributed by atoms with Crippen LogP contribution in [-0.4, -0.2) is 26.7 Å². The van der Waals surface area contributed by atoms with Gasteiger partial charge in [-0.05, 0) is 24.1 Å². The third-order valence-corrected chi connectivity index (χ3v) is 3.65. The normalized spacial score (nSPS) is 11.1. The number of halogens is 1. The molecule has 1 N–H and O–H groups in total. The summed E-state index contributed by atoms with van der Waals surface area (Å²) in [6.07, 6.45) is 0.725. The number of carbonyl (C=O) groups excluding carboxylic acids is 1. The Morgan fingerprint density at radius 3 is 2.25 bits per heavy atom. The molecule has 0 fully saturated rings. The SMILES string of the molecule is COc1cc(Br)c(CCNC(=O)C(C)(C)C)cc1OC. The maximum Gasteiger partial charge on any atom is 0.225 e. The van der Waals surface area contributed by atoms with Crippen molar-refractivity contribution in [1.29, 1.82) is 0 Å². The molecule has 20 heavy (non-hydrogen) atoms. The molecule has 0 unspecified atom stereocenters. The lowest BCUT2D eigenvalue weighted by Crippen LogP contribution is -2.35. The summed E-state index contributed by atoms with van der Waals surface area (Å²) in [5.74, 6) is 1.42. The number of amides is 1. The fraction of sp³-hybridized carbons (Fsp3) is 0.533. The highest BCUT2D eigenvalue weighted by Gasteiger charge is 2.20. The maximum atomic E-state index is 11.8. The molecule has 0 radical (unpaired) electrons. The topological polar surface area (TPSA) is 47.6 Å². The summed E-state index contributed by atoms with van der Waals surface area (Å²) >= 11 is 3.51. The second-order valence-corrected chi connectivity index (χ2v) is 6.41. The molecule has 0 saturated heterocycles. The fourth-order valence-electron chi connectivity index (χ4n) is 1.66. The Kier molecular flexibility index (Phi) is 5.87. The number of hydrogen-bond acceptors (Lipinski definition) is 3. The summed E-state index contributed by atoms with van der Waals surface area (Å²) in [4.78, 5) is 11.8. The molecule has 0 heterocycles. The van der Waals surface area contributed by atoms with Gasteiger partial charge >= 0.3 is 0 Å². The van der Waals surface area contributed by atoms with Crippen molar-refractivity contribution in [1.82, 2.24) is 5.32 Å². The summed E-state index contributed by atoms with van der Waals surface area (Å²) in [7, 11) is 3.21. The number of ether oxygens (including phenoxy) is 2. The molecule has 0 aromatic heterocycles. The summed E-state index contributed by atoms with van der Waals surface area (Å²) < 4.78 is 11.5. The summed E-state index contributed by atoms with van der Waals surface area (Å²) in [5, 5.41) is 2.93. The minimum Gasteiger partial charge on any atom is -0.493 e. The summed E-state index contributed by atoms with van der Waals surface area (Å²) in [6.45, 7) is 6.28. The minimum atomic E-state index is -0.366. The lowest BCUT2D eigenvalue weighted by molar-refractivity contribution is -0.128. The minimum absolute atomic E-state index is 0.0501. The molecular formula is C15H22BrNO3. The van der Waals surface area contributed by atoms with Crippen LogP contribution in [0.4, 0.5) is 0 Å². The van der Waals surface area contributed by atoms with Gasteiger partial charge in [0.2, 0.25) is 5.91 Å². The zero-order chi connectivity index (χ0) is 15.3. The number of rotatable bonds is 5. The molecule has 0 spiro atoms. The van der Waals surface area contributed by atoms with Gasteiger partial charge in [0.1, 0.15) is 0 Å². The van der Waals surface area contributed by atoms with E-state index < -0.39 is 0 Å². The third-order valence-electron chi connectivity index (χ3n) is 2.91. The quantitative estimate of drug-likeness (QED) is 0.893. The highest BCUT2D eigenvalue weighted by molar-refractivity contribution is 9.10. The molecule has 1 rings (SSSR count). The number of carbonyl (C=O) groups is 1. The number of methoxy groups -OCH3 is 2. The molecule has 0 atom stereocenters. The molecule has 1 aromatic carbocycles. The molecule has 0 aliphatic carbocycles. The van der Waals surface area contributed by atoms with Crippen LogP contribution in [0.5, 0.6) is 11.5 Å². The fourth-order valence-corrected chi connectivity index (χ4v) is 2.18. The summed E-state index contributed by atoms with van der Waals surface area (Å²) in [5.41, 5.74) is 0.700. The van der Waals surface area contributed by atoms with E-state index in [1.165, 1.54) is 0 Å². The second-order valence-electron chi connectivity index (χ2n) is 5.55. The van der Waals surface area contributed by atoms with Crippen LogP contribution in [0.1, 0.15) is 26.3 Å². The molecule has 112 valence electrons. The average Bonchev–Trinajstić information content (AvgIpc) is 2.38. The average molecular weight is 344 g/mol. The van der Waals surface area contributed by atoms with Gasteiger partial charge in [-0.15, -0.1) is 0 Å². The van der Waals surface area contributed by atoms with Gasteiger partial charge in [-0.2, -0.15) is 0 Å². The van der Waals surface area contributed by atoms with Gasteiger partial charge in [0.15, 0.2) is 11.5 Å². The van der Waals surface area contributed by atoms with Gasteiger partial charge in [0.25, 0.3) is 0 Å². The maximum absolute atomic E-state index is 11.8. The first-order valence-corrected chi connectivity index (χ1v) is 7.27. The predicted molar refractivity (Wildman–Crippen MR) is 83.4 cm³/mol. The van der Waals surface area contributed by atoms with Crippen LogP contribution in [0.2, 0.25) is 0 Å². The van der Waals surface area contributed by atoms with E-state index in [9.17, 15) is 4.79 Å².